The first-order valence-corrected chi connectivity index (χ1v) is 7.56. The molecule has 0 spiro atoms. The highest BCUT2D eigenvalue weighted by molar-refractivity contribution is 5.94. The van der Waals surface area contributed by atoms with Crippen LogP contribution in [0.1, 0.15) is 18.4 Å². The van der Waals surface area contributed by atoms with Gasteiger partial charge in [0, 0.05) is 29.6 Å². The first-order valence-electron chi connectivity index (χ1n) is 7.56. The van der Waals surface area contributed by atoms with Gasteiger partial charge >= 0.3 is 0 Å². The zero-order chi connectivity index (χ0) is 15.1. The van der Waals surface area contributed by atoms with Crippen molar-refractivity contribution in [1.82, 2.24) is 9.38 Å². The van der Waals surface area contributed by atoms with Crippen LogP contribution in [0.15, 0.2) is 48.8 Å². The van der Waals surface area contributed by atoms with Gasteiger partial charge in [0.1, 0.15) is 5.65 Å². The number of hydrogen-bond donors (Lipinski definition) is 1. The Bertz CT molecular complexity index is 844. The zero-order valence-electron chi connectivity index (χ0n) is 12.4. The molecule has 110 valence electrons. The Kier molecular flexibility index (Phi) is 2.96. The maximum absolute atomic E-state index is 11.8. The van der Waals surface area contributed by atoms with E-state index in [4.69, 9.17) is 0 Å². The summed E-state index contributed by atoms with van der Waals surface area (Å²) in [6.45, 7) is 2.06. The van der Waals surface area contributed by atoms with E-state index in [-0.39, 0.29) is 11.8 Å². The summed E-state index contributed by atoms with van der Waals surface area (Å²) in [6.07, 6.45) is 6.07. The third-order valence-electron chi connectivity index (χ3n) is 4.07. The highest BCUT2D eigenvalue weighted by Gasteiger charge is 2.29. The van der Waals surface area contributed by atoms with Crippen molar-refractivity contribution in [3.63, 3.8) is 0 Å². The molecule has 0 bridgehead atoms. The molecule has 0 saturated heterocycles. The molecule has 1 aliphatic rings. The molecule has 1 N–H and O–H groups in total. The van der Waals surface area contributed by atoms with E-state index >= 15 is 0 Å². The normalized spacial score (nSPS) is 14.2. The van der Waals surface area contributed by atoms with Crippen molar-refractivity contribution in [3.05, 3.63) is 54.4 Å². The molecule has 2 aromatic heterocycles. The largest absolute Gasteiger partial charge is 0.326 e. The van der Waals surface area contributed by atoms with Crippen molar-refractivity contribution in [2.24, 2.45) is 5.92 Å². The first kappa shape index (κ1) is 13.1. The smallest absolute Gasteiger partial charge is 0.227 e. The van der Waals surface area contributed by atoms with Crippen LogP contribution >= 0.6 is 0 Å². The van der Waals surface area contributed by atoms with Gasteiger partial charge in [-0.2, -0.15) is 0 Å². The Morgan fingerprint density at radius 2 is 2.00 bits per heavy atom. The zero-order valence-corrected chi connectivity index (χ0v) is 12.4. The molecule has 0 aliphatic heterocycles. The summed E-state index contributed by atoms with van der Waals surface area (Å²) >= 11 is 0. The molecule has 1 amide bonds. The van der Waals surface area contributed by atoms with Gasteiger partial charge in [0.2, 0.25) is 5.91 Å². The van der Waals surface area contributed by atoms with E-state index in [1.165, 1.54) is 0 Å². The lowest BCUT2D eigenvalue weighted by atomic mass is 10.1. The lowest BCUT2D eigenvalue weighted by Crippen LogP contribution is -2.12. The minimum atomic E-state index is 0.135. The Morgan fingerprint density at radius 3 is 2.68 bits per heavy atom. The number of hydrogen-bond acceptors (Lipinski definition) is 2. The van der Waals surface area contributed by atoms with Crippen molar-refractivity contribution in [2.75, 3.05) is 5.32 Å². The quantitative estimate of drug-likeness (QED) is 0.800. The lowest BCUT2D eigenvalue weighted by Gasteiger charge is -2.04. The van der Waals surface area contributed by atoms with Gasteiger partial charge in [0.25, 0.3) is 0 Å². The van der Waals surface area contributed by atoms with Crippen LogP contribution in [-0.2, 0) is 4.79 Å². The Morgan fingerprint density at radius 1 is 1.23 bits per heavy atom. The lowest BCUT2D eigenvalue weighted by molar-refractivity contribution is -0.117. The van der Waals surface area contributed by atoms with E-state index in [9.17, 15) is 4.79 Å². The van der Waals surface area contributed by atoms with Crippen molar-refractivity contribution in [1.29, 1.82) is 0 Å². The van der Waals surface area contributed by atoms with Crippen LogP contribution in [0, 0.1) is 12.8 Å². The van der Waals surface area contributed by atoms with E-state index in [1.54, 1.807) is 0 Å². The van der Waals surface area contributed by atoms with Crippen molar-refractivity contribution in [2.45, 2.75) is 19.8 Å². The van der Waals surface area contributed by atoms with Crippen molar-refractivity contribution < 1.29 is 4.79 Å². The Balaban J connectivity index is 1.61. The molecule has 1 saturated carbocycles. The second-order valence-corrected chi connectivity index (χ2v) is 5.89. The van der Waals surface area contributed by atoms with Gasteiger partial charge < -0.3 is 9.72 Å². The molecular formula is C18H17N3O. The van der Waals surface area contributed by atoms with E-state index in [1.807, 2.05) is 47.1 Å². The molecular weight excluding hydrogens is 274 g/mol. The second-order valence-electron chi connectivity index (χ2n) is 5.89. The summed E-state index contributed by atoms with van der Waals surface area (Å²) in [4.78, 5) is 16.4. The highest BCUT2D eigenvalue weighted by Crippen LogP contribution is 2.30. The number of nitrogens with zero attached hydrogens (tertiary/aromatic N) is 2. The third kappa shape index (κ3) is 2.37. The molecule has 22 heavy (non-hydrogen) atoms. The number of amides is 1. The van der Waals surface area contributed by atoms with Gasteiger partial charge in [-0.1, -0.05) is 18.2 Å². The van der Waals surface area contributed by atoms with Crippen molar-refractivity contribution in [3.8, 4) is 11.3 Å². The van der Waals surface area contributed by atoms with Crippen LogP contribution in [0.4, 0.5) is 5.69 Å². The number of anilines is 1. The van der Waals surface area contributed by atoms with Gasteiger partial charge in [-0.15, -0.1) is 0 Å². The second kappa shape index (κ2) is 4.98. The molecule has 3 aromatic rings. The topological polar surface area (TPSA) is 46.4 Å². The average Bonchev–Trinajstić information content (AvgIpc) is 3.28. The summed E-state index contributed by atoms with van der Waals surface area (Å²) in [5.74, 6) is 0.359. The number of rotatable bonds is 3. The highest BCUT2D eigenvalue weighted by atomic mass is 16.2. The van der Waals surface area contributed by atoms with Gasteiger partial charge in [-0.05, 0) is 43.5 Å². The van der Waals surface area contributed by atoms with Gasteiger partial charge in [-0.3, -0.25) is 4.79 Å². The number of carbonyl (C=O) groups is 1. The summed E-state index contributed by atoms with van der Waals surface area (Å²) in [5, 5.41) is 2.95. The summed E-state index contributed by atoms with van der Waals surface area (Å²) in [7, 11) is 0. The van der Waals surface area contributed by atoms with Gasteiger partial charge in [0.15, 0.2) is 0 Å². The maximum atomic E-state index is 11.8. The molecule has 4 heteroatoms. The predicted octanol–water partition coefficient (Wildman–Crippen LogP) is 3.66. The van der Waals surface area contributed by atoms with E-state index < -0.39 is 0 Å². The Labute approximate surface area is 128 Å². The van der Waals surface area contributed by atoms with Crippen LogP contribution in [0.5, 0.6) is 0 Å². The molecule has 0 unspecified atom stereocenters. The van der Waals surface area contributed by atoms with Crippen LogP contribution in [0.3, 0.4) is 0 Å². The van der Waals surface area contributed by atoms with Gasteiger partial charge in [0.05, 0.1) is 5.69 Å². The number of carbonyl (C=O) groups excluding carboxylic acids is 1. The number of aryl methyl sites for hydroxylation is 1. The average molecular weight is 291 g/mol. The van der Waals surface area contributed by atoms with Crippen LogP contribution < -0.4 is 5.32 Å². The Hall–Kier alpha value is -2.62. The molecule has 0 radical (unpaired) electrons. The molecule has 1 aliphatic carbocycles. The monoisotopic (exact) mass is 291 g/mol. The molecule has 4 nitrogen and oxygen atoms in total. The standard InChI is InChI=1S/C18H17N3O/c1-12-3-2-10-21-11-16(20-17(12)21)13-6-8-15(9-7-13)19-18(22)14-4-5-14/h2-3,6-11,14H,4-5H2,1H3,(H,19,22). The van der Waals surface area contributed by atoms with E-state index in [2.05, 4.69) is 23.3 Å². The molecule has 2 heterocycles. The summed E-state index contributed by atoms with van der Waals surface area (Å²) < 4.78 is 2.04. The minimum Gasteiger partial charge on any atom is -0.326 e. The van der Waals surface area contributed by atoms with Crippen LogP contribution in [0.25, 0.3) is 16.9 Å². The van der Waals surface area contributed by atoms with Crippen molar-refractivity contribution >= 4 is 17.2 Å². The van der Waals surface area contributed by atoms with Crippen LogP contribution in [0.2, 0.25) is 0 Å². The fraction of sp³-hybridized carbons (Fsp3) is 0.222. The molecule has 4 rings (SSSR count). The summed E-state index contributed by atoms with van der Waals surface area (Å²) in [6, 6.07) is 11.9. The van der Waals surface area contributed by atoms with Crippen LogP contribution in [-0.4, -0.2) is 15.3 Å². The first-order chi connectivity index (χ1) is 10.7. The van der Waals surface area contributed by atoms with E-state index in [0.717, 1.165) is 41.0 Å². The number of nitrogens with one attached hydrogen (secondary N) is 1. The SMILES string of the molecule is Cc1cccn2cc(-c3ccc(NC(=O)C4CC4)cc3)nc12. The number of pyridine rings is 1. The molecule has 0 atom stereocenters. The number of fused-ring (bicyclic) bond motifs is 1. The molecule has 1 fully saturated rings. The molecule has 1 aromatic carbocycles. The maximum Gasteiger partial charge on any atom is 0.227 e. The third-order valence-corrected chi connectivity index (χ3v) is 4.07. The van der Waals surface area contributed by atoms with E-state index in [0.29, 0.717) is 0 Å². The number of aromatic nitrogens is 2. The predicted molar refractivity (Wildman–Crippen MR) is 86.7 cm³/mol. The fourth-order valence-corrected chi connectivity index (χ4v) is 2.61. The number of benzene rings is 1. The minimum absolute atomic E-state index is 0.135. The summed E-state index contributed by atoms with van der Waals surface area (Å²) in [5.41, 5.74) is 4.97. The fourth-order valence-electron chi connectivity index (χ4n) is 2.61. The van der Waals surface area contributed by atoms with Gasteiger partial charge in [-0.25, -0.2) is 4.98 Å². The number of imidazole rings is 1.